The second-order valence-electron chi connectivity index (χ2n) is 4.89. The van der Waals surface area contributed by atoms with E-state index in [1.165, 1.54) is 12.8 Å². The fraction of sp³-hybridized carbons (Fsp3) is 0.500. The Kier molecular flexibility index (Phi) is 3.87. The molecule has 2 aromatic rings. The van der Waals surface area contributed by atoms with E-state index in [-0.39, 0.29) is 0 Å². The third-order valence-corrected chi connectivity index (χ3v) is 3.30. The molecule has 98 valence electrons. The summed E-state index contributed by atoms with van der Waals surface area (Å²) in [6.07, 6.45) is 2.37. The molecule has 18 heavy (non-hydrogen) atoms. The van der Waals surface area contributed by atoms with Gasteiger partial charge in [-0.1, -0.05) is 13.3 Å². The minimum Gasteiger partial charge on any atom is -0.439 e. The van der Waals surface area contributed by atoms with Crippen molar-refractivity contribution in [3.8, 4) is 0 Å². The summed E-state index contributed by atoms with van der Waals surface area (Å²) < 4.78 is 5.72. The minimum absolute atomic E-state index is 0.537. The Morgan fingerprint density at radius 1 is 1.44 bits per heavy atom. The SMILES string of the molecule is CCCC(C)N(C)Cc1nc2ccc(N)cc2o1. The maximum atomic E-state index is 5.72. The molecule has 0 saturated carbocycles. The van der Waals surface area contributed by atoms with Crippen molar-refractivity contribution in [2.75, 3.05) is 12.8 Å². The van der Waals surface area contributed by atoms with Crippen molar-refractivity contribution in [3.05, 3.63) is 24.1 Å². The lowest BCUT2D eigenvalue weighted by molar-refractivity contribution is 0.217. The van der Waals surface area contributed by atoms with Crippen molar-refractivity contribution in [3.63, 3.8) is 0 Å². The van der Waals surface area contributed by atoms with Gasteiger partial charge in [0, 0.05) is 17.8 Å². The van der Waals surface area contributed by atoms with E-state index in [1.54, 1.807) is 0 Å². The van der Waals surface area contributed by atoms with Crippen LogP contribution in [0.4, 0.5) is 5.69 Å². The molecule has 0 radical (unpaired) electrons. The van der Waals surface area contributed by atoms with Crippen LogP contribution in [-0.4, -0.2) is 23.0 Å². The molecule has 1 aromatic heterocycles. The number of aromatic nitrogens is 1. The average Bonchev–Trinajstić information content (AvgIpc) is 2.70. The van der Waals surface area contributed by atoms with Crippen LogP contribution in [-0.2, 0) is 6.54 Å². The third-order valence-electron chi connectivity index (χ3n) is 3.30. The van der Waals surface area contributed by atoms with Gasteiger partial charge in [-0.15, -0.1) is 0 Å². The maximum absolute atomic E-state index is 5.72. The second kappa shape index (κ2) is 5.40. The van der Waals surface area contributed by atoms with Gasteiger partial charge in [0.2, 0.25) is 5.89 Å². The van der Waals surface area contributed by atoms with Gasteiger partial charge < -0.3 is 10.2 Å². The molecule has 0 aliphatic heterocycles. The van der Waals surface area contributed by atoms with Crippen molar-refractivity contribution in [1.29, 1.82) is 0 Å². The Labute approximate surface area is 108 Å². The van der Waals surface area contributed by atoms with Crippen LogP contribution >= 0.6 is 0 Å². The van der Waals surface area contributed by atoms with Crippen molar-refractivity contribution in [2.24, 2.45) is 0 Å². The lowest BCUT2D eigenvalue weighted by Crippen LogP contribution is -2.28. The smallest absolute Gasteiger partial charge is 0.209 e. The number of benzene rings is 1. The van der Waals surface area contributed by atoms with Crippen LogP contribution in [0.2, 0.25) is 0 Å². The molecule has 0 aliphatic rings. The summed E-state index contributed by atoms with van der Waals surface area (Å²) in [4.78, 5) is 6.73. The largest absolute Gasteiger partial charge is 0.439 e. The number of anilines is 1. The van der Waals surface area contributed by atoms with Crippen LogP contribution in [0, 0.1) is 0 Å². The van der Waals surface area contributed by atoms with Crippen LogP contribution in [0.3, 0.4) is 0 Å². The molecule has 4 nitrogen and oxygen atoms in total. The zero-order valence-electron chi connectivity index (χ0n) is 11.3. The number of rotatable bonds is 5. The van der Waals surface area contributed by atoms with Gasteiger partial charge in [0.25, 0.3) is 0 Å². The first-order valence-electron chi connectivity index (χ1n) is 6.45. The molecule has 4 heteroatoms. The van der Waals surface area contributed by atoms with Crippen molar-refractivity contribution in [2.45, 2.75) is 39.3 Å². The van der Waals surface area contributed by atoms with Gasteiger partial charge in [0.15, 0.2) is 5.58 Å². The van der Waals surface area contributed by atoms with E-state index in [1.807, 2.05) is 18.2 Å². The second-order valence-corrected chi connectivity index (χ2v) is 4.89. The van der Waals surface area contributed by atoms with E-state index in [0.29, 0.717) is 11.7 Å². The predicted molar refractivity (Wildman–Crippen MR) is 74.3 cm³/mol. The number of hydrogen-bond donors (Lipinski definition) is 1. The Hall–Kier alpha value is -1.55. The van der Waals surface area contributed by atoms with E-state index >= 15 is 0 Å². The number of oxazole rings is 1. The molecule has 0 aliphatic carbocycles. The molecule has 0 saturated heterocycles. The van der Waals surface area contributed by atoms with Gasteiger partial charge in [0.05, 0.1) is 6.54 Å². The van der Waals surface area contributed by atoms with Crippen molar-refractivity contribution < 1.29 is 4.42 Å². The van der Waals surface area contributed by atoms with Gasteiger partial charge in [0.1, 0.15) is 5.52 Å². The van der Waals surface area contributed by atoms with E-state index in [4.69, 9.17) is 10.2 Å². The fourth-order valence-electron chi connectivity index (χ4n) is 2.06. The first-order chi connectivity index (χ1) is 8.60. The number of nitrogens with two attached hydrogens (primary N) is 1. The van der Waals surface area contributed by atoms with Crippen LogP contribution in [0.1, 0.15) is 32.6 Å². The number of nitrogens with zero attached hydrogens (tertiary/aromatic N) is 2. The van der Waals surface area contributed by atoms with Gasteiger partial charge in [-0.3, -0.25) is 4.90 Å². The minimum atomic E-state index is 0.537. The number of nitrogen functional groups attached to an aromatic ring is 1. The molecular weight excluding hydrogens is 226 g/mol. The zero-order chi connectivity index (χ0) is 13.1. The topological polar surface area (TPSA) is 55.3 Å². The normalized spacial score (nSPS) is 13.3. The van der Waals surface area contributed by atoms with E-state index in [9.17, 15) is 0 Å². The Balaban J connectivity index is 2.12. The van der Waals surface area contributed by atoms with Crippen LogP contribution in [0.25, 0.3) is 11.1 Å². The summed E-state index contributed by atoms with van der Waals surface area (Å²) in [5.74, 6) is 0.751. The molecule has 0 bridgehead atoms. The summed E-state index contributed by atoms with van der Waals surface area (Å²) in [7, 11) is 2.10. The van der Waals surface area contributed by atoms with Gasteiger partial charge >= 0.3 is 0 Å². The molecular formula is C14H21N3O. The molecule has 0 amide bonds. The highest BCUT2D eigenvalue weighted by Gasteiger charge is 2.12. The molecule has 2 N–H and O–H groups in total. The summed E-state index contributed by atoms with van der Waals surface area (Å²) >= 11 is 0. The quantitative estimate of drug-likeness (QED) is 0.825. The first-order valence-corrected chi connectivity index (χ1v) is 6.45. The summed E-state index contributed by atoms with van der Waals surface area (Å²) in [6, 6.07) is 6.10. The maximum Gasteiger partial charge on any atom is 0.209 e. The van der Waals surface area contributed by atoms with Crippen molar-refractivity contribution in [1.82, 2.24) is 9.88 Å². The van der Waals surface area contributed by atoms with Crippen molar-refractivity contribution >= 4 is 16.8 Å². The molecule has 1 atom stereocenters. The first kappa shape index (κ1) is 12.9. The summed E-state index contributed by atoms with van der Waals surface area (Å²) in [5.41, 5.74) is 8.07. The zero-order valence-corrected chi connectivity index (χ0v) is 11.3. The molecule has 2 rings (SSSR count). The summed E-state index contributed by atoms with van der Waals surface area (Å²) in [6.45, 7) is 5.16. The number of fused-ring (bicyclic) bond motifs is 1. The Morgan fingerprint density at radius 2 is 2.22 bits per heavy atom. The highest BCUT2D eigenvalue weighted by Crippen LogP contribution is 2.19. The molecule has 1 heterocycles. The highest BCUT2D eigenvalue weighted by atomic mass is 16.3. The highest BCUT2D eigenvalue weighted by molar-refractivity contribution is 5.76. The van der Waals surface area contributed by atoms with E-state index in [0.717, 1.165) is 23.5 Å². The molecule has 0 spiro atoms. The van der Waals surface area contributed by atoms with Crippen LogP contribution < -0.4 is 5.73 Å². The molecule has 1 aromatic carbocycles. The third kappa shape index (κ3) is 2.82. The fourth-order valence-corrected chi connectivity index (χ4v) is 2.06. The van der Waals surface area contributed by atoms with E-state index in [2.05, 4.69) is 30.8 Å². The number of hydrogen-bond acceptors (Lipinski definition) is 4. The standard InChI is InChI=1S/C14H21N3O/c1-4-5-10(2)17(3)9-14-16-12-7-6-11(15)8-13(12)18-14/h6-8,10H,4-5,9,15H2,1-3H3. The molecule has 0 fully saturated rings. The van der Waals surface area contributed by atoms with Gasteiger partial charge in [-0.2, -0.15) is 0 Å². The Morgan fingerprint density at radius 3 is 2.94 bits per heavy atom. The lowest BCUT2D eigenvalue weighted by Gasteiger charge is -2.22. The van der Waals surface area contributed by atoms with Gasteiger partial charge in [-0.05, 0) is 32.5 Å². The monoisotopic (exact) mass is 247 g/mol. The van der Waals surface area contributed by atoms with Crippen LogP contribution in [0.5, 0.6) is 0 Å². The van der Waals surface area contributed by atoms with Crippen LogP contribution in [0.15, 0.2) is 22.6 Å². The lowest BCUT2D eigenvalue weighted by atomic mass is 10.2. The Bertz CT molecular complexity index is 521. The average molecular weight is 247 g/mol. The van der Waals surface area contributed by atoms with E-state index < -0.39 is 0 Å². The van der Waals surface area contributed by atoms with Gasteiger partial charge in [-0.25, -0.2) is 4.98 Å². The predicted octanol–water partition coefficient (Wildman–Crippen LogP) is 3.03. The molecule has 1 unspecified atom stereocenters. The summed E-state index contributed by atoms with van der Waals surface area (Å²) in [5, 5.41) is 0.